The van der Waals surface area contributed by atoms with Gasteiger partial charge < -0.3 is 14.9 Å². The number of aryl methyl sites for hydroxylation is 1. The molecule has 4 saturated heterocycles. The number of piperazine rings is 1. The molecule has 18 heteroatoms. The quantitative estimate of drug-likeness (QED) is 0.240. The Labute approximate surface area is 308 Å². The first kappa shape index (κ1) is 35.5. The van der Waals surface area contributed by atoms with Gasteiger partial charge in [0.1, 0.15) is 24.0 Å². The van der Waals surface area contributed by atoms with Crippen LogP contribution in [0.15, 0.2) is 47.3 Å². The third kappa shape index (κ3) is 6.21. The van der Waals surface area contributed by atoms with Gasteiger partial charge in [0, 0.05) is 50.7 Å². The number of imide groups is 1. The number of rotatable bonds is 6. The van der Waals surface area contributed by atoms with Gasteiger partial charge in [0.05, 0.1) is 17.6 Å². The second-order valence-electron chi connectivity index (χ2n) is 14.3. The Morgan fingerprint density at radius 1 is 0.907 bits per heavy atom. The van der Waals surface area contributed by atoms with Crippen LogP contribution in [0.5, 0.6) is 5.75 Å². The summed E-state index contributed by atoms with van der Waals surface area (Å²) in [6.07, 6.45) is 2.13. The van der Waals surface area contributed by atoms with E-state index in [1.54, 1.807) is 34.5 Å². The van der Waals surface area contributed by atoms with Gasteiger partial charge in [-0.05, 0) is 79.6 Å². The number of aromatic nitrogens is 2. The van der Waals surface area contributed by atoms with Gasteiger partial charge in [-0.15, -0.1) is 0 Å². The molecule has 0 saturated carbocycles. The van der Waals surface area contributed by atoms with Gasteiger partial charge in [-0.25, -0.2) is 18.2 Å². The van der Waals surface area contributed by atoms with Crippen molar-refractivity contribution in [2.75, 3.05) is 61.6 Å². The van der Waals surface area contributed by atoms with E-state index in [9.17, 15) is 37.5 Å². The number of phenols is 1. The summed E-state index contributed by atoms with van der Waals surface area (Å²) in [6.45, 7) is 3.04. The number of benzene rings is 3. The van der Waals surface area contributed by atoms with Gasteiger partial charge in [-0.2, -0.15) is 8.42 Å². The van der Waals surface area contributed by atoms with E-state index in [2.05, 4.69) is 10.2 Å². The number of anilines is 2. The predicted molar refractivity (Wildman–Crippen MR) is 196 cm³/mol. The van der Waals surface area contributed by atoms with Crippen molar-refractivity contribution >= 4 is 67.0 Å². The van der Waals surface area contributed by atoms with E-state index in [0.29, 0.717) is 53.6 Å². The number of nitrogens with zero attached hydrogens (tertiary/aromatic N) is 6. The van der Waals surface area contributed by atoms with Gasteiger partial charge >= 0.3 is 15.9 Å². The SMILES string of the molecule is Cn1c(=O)n(C2CCC(=O)NC2=O)c2ccc(C3CCN(CC(=O)N4CCN(c5ccc6cc(O)c(N7CC(=O)NS7(=O)=O)c(F)c6c5)CC4)CC3)cc21. The van der Waals surface area contributed by atoms with Crippen molar-refractivity contribution in [1.29, 1.82) is 0 Å². The van der Waals surface area contributed by atoms with Crippen LogP contribution in [0.25, 0.3) is 21.8 Å². The van der Waals surface area contributed by atoms with E-state index in [4.69, 9.17) is 0 Å². The highest BCUT2D eigenvalue weighted by Crippen LogP contribution is 2.40. The number of likely N-dealkylation sites (tertiary alicyclic amines) is 1. The Bertz CT molecular complexity index is 2410. The molecule has 3 N–H and O–H groups in total. The molecule has 5 heterocycles. The lowest BCUT2D eigenvalue weighted by Crippen LogP contribution is -2.51. The van der Waals surface area contributed by atoms with Gasteiger partial charge in [-0.3, -0.25) is 38.5 Å². The van der Waals surface area contributed by atoms with E-state index < -0.39 is 51.9 Å². The van der Waals surface area contributed by atoms with Gasteiger partial charge in [0.2, 0.25) is 17.7 Å². The summed E-state index contributed by atoms with van der Waals surface area (Å²) in [6, 6.07) is 11.4. The number of imidazole rings is 1. The van der Waals surface area contributed by atoms with E-state index in [1.165, 1.54) is 10.6 Å². The Balaban J connectivity index is 0.876. The van der Waals surface area contributed by atoms with E-state index in [1.807, 2.05) is 28.0 Å². The number of fused-ring (bicyclic) bond motifs is 2. The number of hydrogen-bond donors (Lipinski definition) is 3. The standard InChI is InChI=1S/C36H39FN8O8S/c1-40-28-16-22(3-5-26(28)45(36(40)51)27-6-7-30(47)38-35(27)50)21-8-10-41(11-9-21)20-32(49)43-14-12-42(13-15-43)24-4-2-23-17-29(46)34(33(37)25(23)18-24)44-19-31(48)39-54(44,52)53/h2-5,16-18,21,27,46H,6-15,19-20H2,1H3,(H,39,48)(H,38,47,50). The summed E-state index contributed by atoms with van der Waals surface area (Å²) >= 11 is 0. The van der Waals surface area contributed by atoms with Gasteiger partial charge in [0.25, 0.3) is 5.91 Å². The van der Waals surface area contributed by atoms with Crippen LogP contribution in [0, 0.1) is 5.82 Å². The smallest absolute Gasteiger partial charge is 0.329 e. The average molecular weight is 763 g/mol. The third-order valence-corrected chi connectivity index (χ3v) is 12.5. The lowest BCUT2D eigenvalue weighted by Gasteiger charge is -2.38. The topological polar surface area (TPSA) is 187 Å². The lowest BCUT2D eigenvalue weighted by molar-refractivity contribution is -0.136. The largest absolute Gasteiger partial charge is 0.506 e. The highest BCUT2D eigenvalue weighted by atomic mass is 32.2. The minimum absolute atomic E-state index is 0.0268. The van der Waals surface area contributed by atoms with Crippen molar-refractivity contribution in [3.8, 4) is 5.75 Å². The summed E-state index contributed by atoms with van der Waals surface area (Å²) in [5, 5.41) is 13.3. The summed E-state index contributed by atoms with van der Waals surface area (Å²) in [7, 11) is -2.65. The van der Waals surface area contributed by atoms with E-state index in [-0.39, 0.29) is 41.6 Å². The zero-order chi connectivity index (χ0) is 38.1. The van der Waals surface area contributed by atoms with Crippen molar-refractivity contribution in [3.63, 3.8) is 0 Å². The Morgan fingerprint density at radius 2 is 1.65 bits per heavy atom. The molecule has 0 bridgehead atoms. The number of carbonyl (C=O) groups is 4. The molecule has 4 aliphatic heterocycles. The summed E-state index contributed by atoms with van der Waals surface area (Å²) in [5.74, 6) is -2.92. The second kappa shape index (κ2) is 13.4. The van der Waals surface area contributed by atoms with Gasteiger partial charge in [-0.1, -0.05) is 12.1 Å². The van der Waals surface area contributed by atoms with Crippen LogP contribution in [-0.2, 0) is 36.4 Å². The van der Waals surface area contributed by atoms with E-state index >= 15 is 4.39 Å². The molecular weight excluding hydrogens is 724 g/mol. The molecule has 0 spiro atoms. The molecule has 4 amide bonds. The molecule has 8 rings (SSSR count). The third-order valence-electron chi connectivity index (χ3n) is 11.1. The maximum Gasteiger partial charge on any atom is 0.329 e. The molecule has 54 heavy (non-hydrogen) atoms. The molecular formula is C36H39FN8O8S. The number of phenolic OH excluding ortho intramolecular Hbond substituents is 1. The molecule has 4 aromatic rings. The maximum atomic E-state index is 15.8. The Hall–Kier alpha value is -5.49. The van der Waals surface area contributed by atoms with Crippen molar-refractivity contribution in [2.45, 2.75) is 37.6 Å². The van der Waals surface area contributed by atoms with E-state index in [0.717, 1.165) is 37.0 Å². The molecule has 16 nitrogen and oxygen atoms in total. The van der Waals surface area contributed by atoms with Crippen molar-refractivity contribution in [3.05, 3.63) is 64.3 Å². The molecule has 1 unspecified atom stereocenters. The molecule has 4 aliphatic rings. The zero-order valence-electron chi connectivity index (χ0n) is 29.5. The highest BCUT2D eigenvalue weighted by molar-refractivity contribution is 7.92. The fraction of sp³-hybridized carbons (Fsp3) is 0.417. The first-order valence-electron chi connectivity index (χ1n) is 17.9. The monoisotopic (exact) mass is 762 g/mol. The van der Waals surface area contributed by atoms with Crippen molar-refractivity contribution < 1.29 is 37.1 Å². The van der Waals surface area contributed by atoms with Crippen LogP contribution >= 0.6 is 0 Å². The normalized spacial score (nSPS) is 21.3. The van der Waals surface area contributed by atoms with Gasteiger partial charge in [0.15, 0.2) is 5.82 Å². The Kier molecular flexibility index (Phi) is 8.83. The molecule has 284 valence electrons. The molecule has 0 aliphatic carbocycles. The maximum absolute atomic E-state index is 15.8. The van der Waals surface area contributed by atoms with Crippen LogP contribution < -0.4 is 24.9 Å². The second-order valence-corrected chi connectivity index (χ2v) is 15.9. The number of aromatic hydroxyl groups is 1. The van der Waals surface area contributed by atoms with Crippen LogP contribution in [0.2, 0.25) is 0 Å². The molecule has 0 radical (unpaired) electrons. The van der Waals surface area contributed by atoms with Crippen LogP contribution in [0.4, 0.5) is 15.8 Å². The average Bonchev–Trinajstić information content (AvgIpc) is 3.56. The highest BCUT2D eigenvalue weighted by Gasteiger charge is 2.38. The molecule has 1 aromatic heterocycles. The van der Waals surface area contributed by atoms with Crippen molar-refractivity contribution in [2.24, 2.45) is 7.05 Å². The lowest BCUT2D eigenvalue weighted by atomic mass is 9.89. The fourth-order valence-corrected chi connectivity index (χ4v) is 9.35. The molecule has 3 aromatic carbocycles. The molecule has 1 atom stereocenters. The summed E-state index contributed by atoms with van der Waals surface area (Å²) in [4.78, 5) is 68.5. The minimum Gasteiger partial charge on any atom is -0.506 e. The summed E-state index contributed by atoms with van der Waals surface area (Å²) in [5.41, 5.74) is 2.25. The first-order chi connectivity index (χ1) is 25.8. The summed E-state index contributed by atoms with van der Waals surface area (Å²) < 4.78 is 45.9. The van der Waals surface area contributed by atoms with Crippen LogP contribution in [-0.4, -0.2) is 108 Å². The Morgan fingerprint density at radius 3 is 2.33 bits per heavy atom. The van der Waals surface area contributed by atoms with Crippen LogP contribution in [0.3, 0.4) is 0 Å². The fourth-order valence-electron chi connectivity index (χ4n) is 8.19. The number of amides is 4. The van der Waals surface area contributed by atoms with Crippen molar-refractivity contribution in [1.82, 2.24) is 29.0 Å². The number of nitrogens with one attached hydrogen (secondary N) is 2. The zero-order valence-corrected chi connectivity index (χ0v) is 30.3. The number of piperidine rings is 2. The van der Waals surface area contributed by atoms with Crippen LogP contribution in [0.1, 0.15) is 43.2 Å². The first-order valence-corrected chi connectivity index (χ1v) is 19.3. The molecule has 4 fully saturated rings. The minimum atomic E-state index is -4.34. The number of hydrogen-bond acceptors (Lipinski definition) is 10. The predicted octanol–water partition coefficient (Wildman–Crippen LogP) is 1.02. The number of halogens is 1. The number of carbonyl (C=O) groups excluding carboxylic acids is 4.